The molecule has 0 saturated carbocycles. The zero-order valence-electron chi connectivity index (χ0n) is 9.44. The first-order valence-electron chi connectivity index (χ1n) is 5.53. The molecule has 1 N–H and O–H groups in total. The molecule has 0 bridgehead atoms. The lowest BCUT2D eigenvalue weighted by Gasteiger charge is -2.04. The van der Waals surface area contributed by atoms with Crippen LogP contribution in [0.1, 0.15) is 11.1 Å². The van der Waals surface area contributed by atoms with E-state index in [2.05, 4.69) is 27.4 Å². The minimum atomic E-state index is 0.781. The third-order valence-corrected chi connectivity index (χ3v) is 2.70. The average molecular weight is 248 g/mol. The molecule has 0 aliphatic heterocycles. The highest BCUT2D eigenvalue weighted by molar-refractivity contribution is 6.30. The number of halogens is 1. The first-order valence-corrected chi connectivity index (χ1v) is 5.91. The Morgan fingerprint density at radius 2 is 1.71 bits per heavy atom. The summed E-state index contributed by atoms with van der Waals surface area (Å²) in [6.07, 6.45) is 6.17. The van der Waals surface area contributed by atoms with E-state index in [1.165, 1.54) is 11.9 Å². The second kappa shape index (κ2) is 6.33. The van der Waals surface area contributed by atoms with E-state index in [4.69, 9.17) is 11.6 Å². The standard InChI is InChI=1S/C13H14ClN3/c14-13-3-1-11(2-4-13)5-6-15-7-12-8-16-10-17-9-12/h1-4,8-10,15H,5-7H2. The van der Waals surface area contributed by atoms with Crippen molar-refractivity contribution in [3.63, 3.8) is 0 Å². The van der Waals surface area contributed by atoms with E-state index < -0.39 is 0 Å². The van der Waals surface area contributed by atoms with Crippen molar-refractivity contribution >= 4 is 11.6 Å². The number of nitrogens with one attached hydrogen (secondary N) is 1. The summed E-state index contributed by atoms with van der Waals surface area (Å²) in [5, 5.41) is 4.13. The molecular weight excluding hydrogens is 234 g/mol. The zero-order valence-corrected chi connectivity index (χ0v) is 10.2. The molecule has 0 amide bonds. The van der Waals surface area contributed by atoms with Crippen LogP contribution in [-0.2, 0) is 13.0 Å². The number of hydrogen-bond donors (Lipinski definition) is 1. The van der Waals surface area contributed by atoms with Crippen molar-refractivity contribution in [2.75, 3.05) is 6.54 Å². The van der Waals surface area contributed by atoms with Gasteiger partial charge in [0.05, 0.1) is 0 Å². The highest BCUT2D eigenvalue weighted by Gasteiger charge is 1.95. The van der Waals surface area contributed by atoms with Crippen molar-refractivity contribution in [3.8, 4) is 0 Å². The molecule has 2 rings (SSSR count). The third kappa shape index (κ3) is 4.13. The van der Waals surface area contributed by atoms with E-state index >= 15 is 0 Å². The fourth-order valence-corrected chi connectivity index (χ4v) is 1.66. The van der Waals surface area contributed by atoms with Gasteiger partial charge in [-0.3, -0.25) is 0 Å². The highest BCUT2D eigenvalue weighted by atomic mass is 35.5. The summed E-state index contributed by atoms with van der Waals surface area (Å²) in [4.78, 5) is 7.93. The molecule has 4 heteroatoms. The third-order valence-electron chi connectivity index (χ3n) is 2.45. The Balaban J connectivity index is 1.71. The molecule has 88 valence electrons. The van der Waals surface area contributed by atoms with Gasteiger partial charge in [-0.25, -0.2) is 9.97 Å². The van der Waals surface area contributed by atoms with Crippen molar-refractivity contribution in [1.82, 2.24) is 15.3 Å². The minimum absolute atomic E-state index is 0.781. The summed E-state index contributed by atoms with van der Waals surface area (Å²) >= 11 is 5.82. The summed E-state index contributed by atoms with van der Waals surface area (Å²) < 4.78 is 0. The van der Waals surface area contributed by atoms with Gasteiger partial charge in [-0.1, -0.05) is 23.7 Å². The van der Waals surface area contributed by atoms with Gasteiger partial charge in [0.15, 0.2) is 0 Å². The van der Waals surface area contributed by atoms with E-state index in [1.807, 2.05) is 24.5 Å². The maximum Gasteiger partial charge on any atom is 0.115 e. The Morgan fingerprint density at radius 1 is 1.00 bits per heavy atom. The van der Waals surface area contributed by atoms with Crippen LogP contribution in [0.2, 0.25) is 5.02 Å². The van der Waals surface area contributed by atoms with Gasteiger partial charge < -0.3 is 5.32 Å². The first-order chi connectivity index (χ1) is 8.34. The molecule has 0 saturated heterocycles. The SMILES string of the molecule is Clc1ccc(CCNCc2cncnc2)cc1. The number of nitrogens with zero attached hydrogens (tertiary/aromatic N) is 2. The predicted octanol–water partition coefficient (Wildman–Crippen LogP) is 2.46. The number of benzene rings is 1. The van der Waals surface area contributed by atoms with Crippen LogP contribution in [0.5, 0.6) is 0 Å². The van der Waals surface area contributed by atoms with Crippen LogP contribution in [0.15, 0.2) is 43.0 Å². The Bertz CT molecular complexity index is 442. The Morgan fingerprint density at radius 3 is 2.41 bits per heavy atom. The monoisotopic (exact) mass is 247 g/mol. The van der Waals surface area contributed by atoms with Crippen molar-refractivity contribution in [2.24, 2.45) is 0 Å². The van der Waals surface area contributed by atoms with Crippen molar-refractivity contribution in [3.05, 3.63) is 59.1 Å². The van der Waals surface area contributed by atoms with Crippen LogP contribution in [0.3, 0.4) is 0 Å². The molecule has 1 aromatic heterocycles. The predicted molar refractivity (Wildman–Crippen MR) is 68.9 cm³/mol. The minimum Gasteiger partial charge on any atom is -0.312 e. The Hall–Kier alpha value is -1.45. The summed E-state index contributed by atoms with van der Waals surface area (Å²) in [6.45, 7) is 1.73. The van der Waals surface area contributed by atoms with Crippen molar-refractivity contribution in [1.29, 1.82) is 0 Å². The lowest BCUT2D eigenvalue weighted by Crippen LogP contribution is -2.16. The molecule has 0 spiro atoms. The van der Waals surface area contributed by atoms with E-state index in [0.29, 0.717) is 0 Å². The molecule has 0 radical (unpaired) electrons. The van der Waals surface area contributed by atoms with Crippen molar-refractivity contribution < 1.29 is 0 Å². The molecule has 1 aromatic carbocycles. The highest BCUT2D eigenvalue weighted by Crippen LogP contribution is 2.09. The molecule has 0 fully saturated rings. The first kappa shape index (κ1) is 12.0. The van der Waals surface area contributed by atoms with Crippen LogP contribution in [0.4, 0.5) is 0 Å². The van der Waals surface area contributed by atoms with Crippen LogP contribution in [0.25, 0.3) is 0 Å². The zero-order chi connectivity index (χ0) is 11.9. The maximum absolute atomic E-state index is 5.82. The van der Waals surface area contributed by atoms with E-state index in [-0.39, 0.29) is 0 Å². The topological polar surface area (TPSA) is 37.8 Å². The summed E-state index contributed by atoms with van der Waals surface area (Å²) in [5.74, 6) is 0. The molecule has 1 heterocycles. The number of rotatable bonds is 5. The molecule has 0 aliphatic rings. The summed E-state index contributed by atoms with van der Waals surface area (Å²) in [7, 11) is 0. The molecule has 0 unspecified atom stereocenters. The second-order valence-corrected chi connectivity index (χ2v) is 4.24. The van der Waals surface area contributed by atoms with Gasteiger partial charge in [-0.2, -0.15) is 0 Å². The van der Waals surface area contributed by atoms with Crippen LogP contribution in [-0.4, -0.2) is 16.5 Å². The molecule has 0 atom stereocenters. The van der Waals surface area contributed by atoms with Gasteiger partial charge in [-0.05, 0) is 30.7 Å². The van der Waals surface area contributed by atoms with Crippen LogP contribution < -0.4 is 5.32 Å². The van der Waals surface area contributed by atoms with Gasteiger partial charge >= 0.3 is 0 Å². The maximum atomic E-state index is 5.82. The van der Waals surface area contributed by atoms with Crippen LogP contribution in [0, 0.1) is 0 Å². The fourth-order valence-electron chi connectivity index (χ4n) is 1.54. The van der Waals surface area contributed by atoms with Gasteiger partial charge in [0.2, 0.25) is 0 Å². The second-order valence-electron chi connectivity index (χ2n) is 3.80. The summed E-state index contributed by atoms with van der Waals surface area (Å²) in [5.41, 5.74) is 2.38. The van der Waals surface area contributed by atoms with Gasteiger partial charge in [0.25, 0.3) is 0 Å². The Kier molecular flexibility index (Phi) is 4.47. The lowest BCUT2D eigenvalue weighted by molar-refractivity contribution is 0.683. The van der Waals surface area contributed by atoms with Gasteiger partial charge in [-0.15, -0.1) is 0 Å². The molecule has 2 aromatic rings. The lowest BCUT2D eigenvalue weighted by atomic mass is 10.1. The van der Waals surface area contributed by atoms with Crippen LogP contribution >= 0.6 is 11.6 Å². The molecule has 17 heavy (non-hydrogen) atoms. The summed E-state index contributed by atoms with van der Waals surface area (Å²) in [6, 6.07) is 7.94. The normalized spacial score (nSPS) is 10.4. The largest absolute Gasteiger partial charge is 0.312 e. The van der Waals surface area contributed by atoms with Crippen molar-refractivity contribution in [2.45, 2.75) is 13.0 Å². The molecule has 3 nitrogen and oxygen atoms in total. The van der Waals surface area contributed by atoms with E-state index in [0.717, 1.165) is 30.1 Å². The quantitative estimate of drug-likeness (QED) is 0.825. The van der Waals surface area contributed by atoms with Gasteiger partial charge in [0.1, 0.15) is 6.33 Å². The number of hydrogen-bond acceptors (Lipinski definition) is 3. The van der Waals surface area contributed by atoms with E-state index in [1.54, 1.807) is 0 Å². The average Bonchev–Trinajstić information content (AvgIpc) is 2.38. The van der Waals surface area contributed by atoms with E-state index in [9.17, 15) is 0 Å². The smallest absolute Gasteiger partial charge is 0.115 e. The van der Waals surface area contributed by atoms with Gasteiger partial charge in [0, 0.05) is 29.5 Å². The number of aromatic nitrogens is 2. The molecular formula is C13H14ClN3. The molecule has 0 aliphatic carbocycles. The fraction of sp³-hybridized carbons (Fsp3) is 0.231. The Labute approximate surface area is 106 Å².